The summed E-state index contributed by atoms with van der Waals surface area (Å²) in [4.78, 5) is 4.94. The zero-order chi connectivity index (χ0) is 29.4. The molecule has 2 aliphatic heterocycles. The van der Waals surface area contributed by atoms with Crippen molar-refractivity contribution >= 4 is 23.0 Å². The Labute approximate surface area is 253 Å². The molecule has 0 spiro atoms. The van der Waals surface area contributed by atoms with Crippen LogP contribution in [0.4, 0.5) is 11.4 Å². The number of fused-ring (bicyclic) bond motifs is 2. The summed E-state index contributed by atoms with van der Waals surface area (Å²) in [5.74, 6) is 0. The first-order chi connectivity index (χ1) is 19.6. The van der Waals surface area contributed by atoms with Crippen LogP contribution in [-0.2, 0) is 15.6 Å². The molecule has 3 nitrogen and oxygen atoms in total. The Morgan fingerprint density at radius 2 is 1.51 bits per heavy atom. The van der Waals surface area contributed by atoms with E-state index in [1.807, 2.05) is 7.11 Å². The van der Waals surface area contributed by atoms with E-state index in [4.69, 9.17) is 16.3 Å². The minimum atomic E-state index is -0.583. The summed E-state index contributed by atoms with van der Waals surface area (Å²) < 4.78 is 6.46. The van der Waals surface area contributed by atoms with E-state index in [9.17, 15) is 0 Å². The van der Waals surface area contributed by atoms with E-state index in [1.165, 1.54) is 39.3 Å². The van der Waals surface area contributed by atoms with Crippen molar-refractivity contribution in [3.05, 3.63) is 106 Å². The molecule has 41 heavy (non-hydrogen) atoms. The smallest absolute Gasteiger partial charge is 0.169 e. The van der Waals surface area contributed by atoms with Gasteiger partial charge in [-0.3, -0.25) is 0 Å². The van der Waals surface area contributed by atoms with Crippen LogP contribution in [0, 0.1) is 0 Å². The van der Waals surface area contributed by atoms with Crippen LogP contribution in [0.3, 0.4) is 0 Å². The van der Waals surface area contributed by atoms with Crippen molar-refractivity contribution in [1.82, 2.24) is 0 Å². The lowest BCUT2D eigenvalue weighted by atomic mass is 9.77. The molecule has 2 aromatic carbocycles. The van der Waals surface area contributed by atoms with Crippen molar-refractivity contribution in [3.8, 4) is 0 Å². The van der Waals surface area contributed by atoms with E-state index < -0.39 is 5.72 Å². The highest BCUT2D eigenvalue weighted by atomic mass is 35.5. The highest BCUT2D eigenvalue weighted by molar-refractivity contribution is 6.32. The van der Waals surface area contributed by atoms with Gasteiger partial charge in [0, 0.05) is 53.1 Å². The molecule has 1 aliphatic carbocycles. The Kier molecular flexibility index (Phi) is 8.34. The first kappa shape index (κ1) is 29.7. The number of hydrogen-bond acceptors (Lipinski definition) is 3. The van der Waals surface area contributed by atoms with Gasteiger partial charge >= 0.3 is 0 Å². The molecule has 1 unspecified atom stereocenters. The monoisotopic (exact) mass is 570 g/mol. The van der Waals surface area contributed by atoms with Crippen molar-refractivity contribution in [3.63, 3.8) is 0 Å². The number of anilines is 2. The van der Waals surface area contributed by atoms with Crippen molar-refractivity contribution in [2.24, 2.45) is 0 Å². The molecule has 0 radical (unpaired) electrons. The molecular weight excluding hydrogens is 524 g/mol. The van der Waals surface area contributed by atoms with Gasteiger partial charge < -0.3 is 14.5 Å². The molecular formula is C37H47ClN2O. The predicted molar refractivity (Wildman–Crippen MR) is 176 cm³/mol. The predicted octanol–water partition coefficient (Wildman–Crippen LogP) is 9.79. The maximum Gasteiger partial charge on any atom is 0.169 e. The molecule has 0 amide bonds. The molecule has 0 saturated carbocycles. The number of nitrogens with zero attached hydrogens (tertiary/aromatic N) is 2. The lowest BCUT2D eigenvalue weighted by molar-refractivity contribution is -0.0164. The molecule has 1 atom stereocenters. The quantitative estimate of drug-likeness (QED) is 0.314. The highest BCUT2D eigenvalue weighted by Gasteiger charge is 2.55. The topological polar surface area (TPSA) is 15.7 Å². The van der Waals surface area contributed by atoms with Crippen LogP contribution >= 0.6 is 11.6 Å². The van der Waals surface area contributed by atoms with E-state index in [0.29, 0.717) is 0 Å². The Balaban J connectivity index is 1.51. The molecule has 0 fully saturated rings. The standard InChI is InChI=1S/C37H47ClN2O/c1-8-25-39-31-19-12-10-17-29(31)35(3,4)33(39)22-21-27-15-14-16-28(34(27)38)23-24-37(41-7)36(5,6)30-18-11-13-20-32(30)40(37)26-9-2/h10-13,17-24H,8-9,14-16,25-26H2,1-7H3/b24-23+,27-21+,33-22-. The Morgan fingerprint density at radius 1 is 0.854 bits per heavy atom. The average Bonchev–Trinajstić information content (AvgIpc) is 3.29. The van der Waals surface area contributed by atoms with E-state index in [0.717, 1.165) is 50.2 Å². The summed E-state index contributed by atoms with van der Waals surface area (Å²) in [5, 5.41) is 0.890. The normalized spacial score (nSPS) is 25.1. The fourth-order valence-corrected chi connectivity index (χ4v) is 7.71. The maximum atomic E-state index is 7.19. The number of para-hydroxylation sites is 2. The number of benzene rings is 2. The van der Waals surface area contributed by atoms with E-state index >= 15 is 0 Å². The number of rotatable bonds is 8. The second-order valence-electron chi connectivity index (χ2n) is 12.8. The van der Waals surface area contributed by atoms with Crippen molar-refractivity contribution < 1.29 is 4.74 Å². The lowest BCUT2D eigenvalue weighted by Crippen LogP contribution is -2.56. The summed E-state index contributed by atoms with van der Waals surface area (Å²) >= 11 is 7.19. The largest absolute Gasteiger partial charge is 0.354 e. The van der Waals surface area contributed by atoms with Gasteiger partial charge in [-0.15, -0.1) is 0 Å². The van der Waals surface area contributed by atoms with Crippen molar-refractivity contribution in [1.29, 1.82) is 0 Å². The number of hydrogen-bond donors (Lipinski definition) is 0. The van der Waals surface area contributed by atoms with Gasteiger partial charge in [-0.05, 0) is 78.7 Å². The first-order valence-electron chi connectivity index (χ1n) is 15.4. The van der Waals surface area contributed by atoms with Gasteiger partial charge in [-0.2, -0.15) is 0 Å². The summed E-state index contributed by atoms with van der Waals surface area (Å²) in [6, 6.07) is 17.6. The molecule has 3 aliphatic rings. The molecule has 218 valence electrons. The second-order valence-corrected chi connectivity index (χ2v) is 13.1. The molecule has 0 saturated heterocycles. The van der Waals surface area contributed by atoms with Gasteiger partial charge in [-0.1, -0.05) is 102 Å². The zero-order valence-electron chi connectivity index (χ0n) is 26.1. The Bertz CT molecular complexity index is 1410. The Hall–Kier alpha value is -2.75. The third-order valence-corrected chi connectivity index (χ3v) is 10.1. The number of ether oxygens (including phenoxy) is 1. The first-order valence-corrected chi connectivity index (χ1v) is 15.8. The molecule has 2 aromatic rings. The van der Waals surface area contributed by atoms with Crippen LogP contribution in [0.15, 0.2) is 94.7 Å². The summed E-state index contributed by atoms with van der Waals surface area (Å²) in [6.45, 7) is 15.7. The number of methoxy groups -OCH3 is 1. The molecule has 0 bridgehead atoms. The third kappa shape index (κ3) is 4.79. The van der Waals surface area contributed by atoms with Gasteiger partial charge in [-0.25, -0.2) is 0 Å². The van der Waals surface area contributed by atoms with Gasteiger partial charge in [0.1, 0.15) is 0 Å². The summed E-state index contributed by atoms with van der Waals surface area (Å²) in [6.07, 6.45) is 14.4. The molecule has 2 heterocycles. The van der Waals surface area contributed by atoms with Crippen LogP contribution in [0.2, 0.25) is 0 Å². The summed E-state index contributed by atoms with van der Waals surface area (Å²) in [5.41, 5.74) is 8.23. The van der Waals surface area contributed by atoms with Gasteiger partial charge in [0.15, 0.2) is 5.72 Å². The van der Waals surface area contributed by atoms with Crippen molar-refractivity contribution in [2.45, 2.75) is 90.2 Å². The fraction of sp³-hybridized carbons (Fsp3) is 0.459. The van der Waals surface area contributed by atoms with Crippen LogP contribution in [0.25, 0.3) is 0 Å². The SMILES string of the molecule is CCCN1/C(=C\C=C2/CCCC(/C=C/C3(OC)N(CCC)c4ccccc4C3(C)C)=C2Cl)C(C)(C)c2ccccc21. The van der Waals surface area contributed by atoms with Crippen LogP contribution in [-0.4, -0.2) is 25.9 Å². The number of halogens is 1. The zero-order valence-corrected chi connectivity index (χ0v) is 26.8. The number of allylic oxidation sites excluding steroid dienone is 7. The van der Waals surface area contributed by atoms with E-state index in [2.05, 4.69) is 124 Å². The van der Waals surface area contributed by atoms with Gasteiger partial charge in [0.05, 0.1) is 0 Å². The van der Waals surface area contributed by atoms with Crippen LogP contribution in [0.1, 0.15) is 84.8 Å². The summed E-state index contributed by atoms with van der Waals surface area (Å²) in [7, 11) is 1.85. The van der Waals surface area contributed by atoms with Crippen LogP contribution < -0.4 is 9.80 Å². The highest BCUT2D eigenvalue weighted by Crippen LogP contribution is 2.53. The lowest BCUT2D eigenvalue weighted by Gasteiger charge is -2.44. The molecule has 0 aromatic heterocycles. The third-order valence-electron chi connectivity index (χ3n) is 9.58. The van der Waals surface area contributed by atoms with E-state index in [1.54, 1.807) is 0 Å². The minimum Gasteiger partial charge on any atom is -0.354 e. The van der Waals surface area contributed by atoms with Gasteiger partial charge in [0.2, 0.25) is 0 Å². The van der Waals surface area contributed by atoms with Gasteiger partial charge in [0.25, 0.3) is 0 Å². The fourth-order valence-electron chi connectivity index (χ4n) is 7.40. The van der Waals surface area contributed by atoms with E-state index in [-0.39, 0.29) is 10.8 Å². The van der Waals surface area contributed by atoms with Crippen LogP contribution in [0.5, 0.6) is 0 Å². The van der Waals surface area contributed by atoms with Crippen molar-refractivity contribution in [2.75, 3.05) is 30.0 Å². The molecule has 0 N–H and O–H groups in total. The Morgan fingerprint density at radius 3 is 2.20 bits per heavy atom. The average molecular weight is 571 g/mol. The molecule has 5 rings (SSSR count). The molecule has 4 heteroatoms. The maximum absolute atomic E-state index is 7.19. The minimum absolute atomic E-state index is 0.0486. The second kappa shape index (κ2) is 11.5.